The summed E-state index contributed by atoms with van der Waals surface area (Å²) in [6, 6.07) is 10.4. The van der Waals surface area contributed by atoms with E-state index in [0.29, 0.717) is 17.6 Å². The molecule has 2 heterocycles. The smallest absolute Gasteiger partial charge is 0.287 e. The number of rotatable bonds is 3. The number of fused-ring (bicyclic) bond motifs is 2. The number of piperidine rings is 1. The van der Waals surface area contributed by atoms with Crippen LogP contribution in [0.25, 0.3) is 0 Å². The van der Waals surface area contributed by atoms with E-state index in [1.165, 1.54) is 23.9 Å². The van der Waals surface area contributed by atoms with Crippen LogP contribution in [-0.2, 0) is 6.54 Å². The Hall–Kier alpha value is -1.81. The minimum Gasteiger partial charge on any atom is -0.366 e. The molecule has 1 saturated heterocycles. The zero-order valence-corrected chi connectivity index (χ0v) is 13.0. The molecule has 1 aliphatic heterocycles. The first-order chi connectivity index (χ1) is 10.7. The first-order valence-electron chi connectivity index (χ1n) is 7.78. The summed E-state index contributed by atoms with van der Waals surface area (Å²) in [7, 11) is 0. The van der Waals surface area contributed by atoms with Crippen LogP contribution in [0.5, 0.6) is 0 Å². The van der Waals surface area contributed by atoms with Crippen LogP contribution in [0.15, 0.2) is 41.3 Å². The van der Waals surface area contributed by atoms with Crippen molar-refractivity contribution in [2.24, 2.45) is 5.92 Å². The first kappa shape index (κ1) is 13.8. The second kappa shape index (κ2) is 5.43. The highest BCUT2D eigenvalue weighted by Crippen LogP contribution is 2.41. The molecule has 2 aliphatic rings. The van der Waals surface area contributed by atoms with Crippen LogP contribution < -0.4 is 10.5 Å². The van der Waals surface area contributed by atoms with Crippen molar-refractivity contribution in [2.45, 2.75) is 31.8 Å². The van der Waals surface area contributed by atoms with Gasteiger partial charge in [0, 0.05) is 12.6 Å². The fraction of sp³-hybridized carbons (Fsp3) is 0.412. The topological polar surface area (TPSA) is 38.1 Å². The van der Waals surface area contributed by atoms with Crippen LogP contribution in [0, 0.1) is 5.92 Å². The average molecular weight is 316 g/mol. The maximum atomic E-state index is 12.5. The highest BCUT2D eigenvalue weighted by atomic mass is 35.5. The Bertz CT molecular complexity index is 743. The van der Waals surface area contributed by atoms with Crippen molar-refractivity contribution in [3.63, 3.8) is 0 Å². The van der Waals surface area contributed by atoms with E-state index in [0.717, 1.165) is 23.7 Å². The molecule has 2 aromatic rings. The fourth-order valence-electron chi connectivity index (χ4n) is 3.75. The van der Waals surface area contributed by atoms with Crippen LogP contribution in [-0.4, -0.2) is 22.4 Å². The summed E-state index contributed by atoms with van der Waals surface area (Å²) in [5, 5.41) is 4.64. The van der Waals surface area contributed by atoms with Gasteiger partial charge in [-0.1, -0.05) is 41.9 Å². The van der Waals surface area contributed by atoms with Gasteiger partial charge in [0.15, 0.2) is 0 Å². The van der Waals surface area contributed by atoms with Crippen molar-refractivity contribution < 1.29 is 0 Å². The maximum absolute atomic E-state index is 12.5. The van der Waals surface area contributed by atoms with Crippen LogP contribution in [0.1, 0.15) is 24.8 Å². The summed E-state index contributed by atoms with van der Waals surface area (Å²) >= 11 is 6.37. The van der Waals surface area contributed by atoms with E-state index in [2.05, 4.69) is 10.00 Å². The van der Waals surface area contributed by atoms with E-state index in [-0.39, 0.29) is 5.56 Å². The quantitative estimate of drug-likeness (QED) is 0.874. The van der Waals surface area contributed by atoms with Gasteiger partial charge in [0.05, 0.1) is 18.4 Å². The SMILES string of the molecule is O=c1c(Cl)c(N2CC3CCC2C3)cnn1Cc1ccccc1. The van der Waals surface area contributed by atoms with Crippen molar-refractivity contribution in [1.82, 2.24) is 9.78 Å². The van der Waals surface area contributed by atoms with Gasteiger partial charge in [0.1, 0.15) is 5.02 Å². The lowest BCUT2D eigenvalue weighted by atomic mass is 10.1. The van der Waals surface area contributed by atoms with Gasteiger partial charge in [-0.05, 0) is 30.7 Å². The van der Waals surface area contributed by atoms with Crippen LogP contribution in [0.3, 0.4) is 0 Å². The summed E-state index contributed by atoms with van der Waals surface area (Å²) in [4.78, 5) is 14.8. The van der Waals surface area contributed by atoms with E-state index < -0.39 is 0 Å². The molecule has 0 spiro atoms. The van der Waals surface area contributed by atoms with E-state index in [4.69, 9.17) is 11.6 Å². The maximum Gasteiger partial charge on any atom is 0.287 e. The van der Waals surface area contributed by atoms with E-state index in [1.807, 2.05) is 30.3 Å². The molecule has 1 aromatic heterocycles. The lowest BCUT2D eigenvalue weighted by molar-refractivity contribution is 0.550. The molecule has 1 aliphatic carbocycles. The van der Waals surface area contributed by atoms with E-state index in [1.54, 1.807) is 6.20 Å². The molecule has 4 rings (SSSR count). The second-order valence-corrected chi connectivity index (χ2v) is 6.66. The van der Waals surface area contributed by atoms with E-state index in [9.17, 15) is 4.79 Å². The van der Waals surface area contributed by atoms with Gasteiger partial charge in [-0.15, -0.1) is 0 Å². The summed E-state index contributed by atoms with van der Waals surface area (Å²) in [5.41, 5.74) is 1.65. The molecule has 114 valence electrons. The summed E-state index contributed by atoms with van der Waals surface area (Å²) in [6.45, 7) is 1.46. The molecular weight excluding hydrogens is 298 g/mol. The normalized spacial score (nSPS) is 23.2. The number of hydrogen-bond donors (Lipinski definition) is 0. The van der Waals surface area contributed by atoms with Gasteiger partial charge < -0.3 is 4.90 Å². The molecule has 2 bridgehead atoms. The Morgan fingerprint density at radius 3 is 2.73 bits per heavy atom. The molecule has 0 amide bonds. The molecule has 1 aromatic carbocycles. The molecule has 0 radical (unpaired) electrons. The molecule has 2 fully saturated rings. The molecule has 5 heteroatoms. The summed E-state index contributed by atoms with van der Waals surface area (Å²) in [5.74, 6) is 0.757. The monoisotopic (exact) mass is 315 g/mol. The van der Waals surface area contributed by atoms with Gasteiger partial charge in [-0.3, -0.25) is 4.79 Å². The van der Waals surface area contributed by atoms with Crippen molar-refractivity contribution in [3.05, 3.63) is 57.5 Å². The highest BCUT2D eigenvalue weighted by molar-refractivity contribution is 6.33. The van der Waals surface area contributed by atoms with Gasteiger partial charge in [-0.2, -0.15) is 5.10 Å². The number of halogens is 1. The first-order valence-corrected chi connectivity index (χ1v) is 8.16. The minimum atomic E-state index is -0.203. The Balaban J connectivity index is 1.64. The largest absolute Gasteiger partial charge is 0.366 e. The predicted molar refractivity (Wildman–Crippen MR) is 87.5 cm³/mol. The fourth-order valence-corrected chi connectivity index (χ4v) is 4.00. The van der Waals surface area contributed by atoms with E-state index >= 15 is 0 Å². The van der Waals surface area contributed by atoms with Gasteiger partial charge in [0.25, 0.3) is 5.56 Å². The van der Waals surface area contributed by atoms with Crippen molar-refractivity contribution >= 4 is 17.3 Å². The van der Waals surface area contributed by atoms with Gasteiger partial charge >= 0.3 is 0 Å². The average Bonchev–Trinajstić information content (AvgIpc) is 3.16. The summed E-state index contributed by atoms with van der Waals surface area (Å²) < 4.78 is 1.44. The van der Waals surface area contributed by atoms with Gasteiger partial charge in [0.2, 0.25) is 0 Å². The Labute approximate surface area is 134 Å². The third-order valence-electron chi connectivity index (χ3n) is 4.86. The number of anilines is 1. The van der Waals surface area contributed by atoms with Crippen molar-refractivity contribution in [2.75, 3.05) is 11.4 Å². The molecule has 0 N–H and O–H groups in total. The standard InChI is InChI=1S/C17H18ClN3O/c18-16-15(20-10-13-6-7-14(20)8-13)9-19-21(17(16)22)11-12-4-2-1-3-5-12/h1-5,9,13-14H,6-8,10-11H2. The molecule has 1 saturated carbocycles. The highest BCUT2D eigenvalue weighted by Gasteiger charge is 2.39. The Morgan fingerprint density at radius 1 is 1.23 bits per heavy atom. The molecular formula is C17H18ClN3O. The zero-order chi connectivity index (χ0) is 15.1. The zero-order valence-electron chi connectivity index (χ0n) is 12.3. The number of benzene rings is 1. The molecule has 2 atom stereocenters. The minimum absolute atomic E-state index is 0.203. The lowest BCUT2D eigenvalue weighted by Gasteiger charge is -2.29. The van der Waals surface area contributed by atoms with Gasteiger partial charge in [-0.25, -0.2) is 4.68 Å². The number of nitrogens with zero attached hydrogens (tertiary/aromatic N) is 3. The number of aromatic nitrogens is 2. The summed E-state index contributed by atoms with van der Waals surface area (Å²) in [6.07, 6.45) is 5.49. The molecule has 22 heavy (non-hydrogen) atoms. The predicted octanol–water partition coefficient (Wildman–Crippen LogP) is 2.93. The lowest BCUT2D eigenvalue weighted by Crippen LogP contribution is -2.35. The molecule has 4 nitrogen and oxygen atoms in total. The Morgan fingerprint density at radius 2 is 2.05 bits per heavy atom. The third kappa shape index (κ3) is 2.31. The third-order valence-corrected chi connectivity index (χ3v) is 5.22. The Kier molecular flexibility index (Phi) is 3.41. The van der Waals surface area contributed by atoms with Crippen molar-refractivity contribution in [1.29, 1.82) is 0 Å². The second-order valence-electron chi connectivity index (χ2n) is 6.28. The van der Waals surface area contributed by atoms with Crippen molar-refractivity contribution in [3.8, 4) is 0 Å². The number of hydrogen-bond acceptors (Lipinski definition) is 3. The van der Waals surface area contributed by atoms with Crippen LogP contribution in [0.2, 0.25) is 5.02 Å². The molecule has 2 unspecified atom stereocenters. The van der Waals surface area contributed by atoms with Crippen LogP contribution in [0.4, 0.5) is 5.69 Å². The van der Waals surface area contributed by atoms with Crippen LogP contribution >= 0.6 is 11.6 Å².